The van der Waals surface area contributed by atoms with Crippen LogP contribution >= 0.6 is 11.3 Å². The van der Waals surface area contributed by atoms with Crippen molar-refractivity contribution in [1.29, 1.82) is 0 Å². The molecule has 1 aliphatic heterocycles. The van der Waals surface area contributed by atoms with Gasteiger partial charge in [-0.15, -0.1) is 11.3 Å². The number of hydrogen-bond acceptors (Lipinski definition) is 4. The molecule has 2 aliphatic rings. The van der Waals surface area contributed by atoms with Gasteiger partial charge in [-0.3, -0.25) is 4.79 Å². The number of rotatable bonds is 3. The molecule has 2 heterocycles. The van der Waals surface area contributed by atoms with Crippen LogP contribution in [0.2, 0.25) is 0 Å². The fourth-order valence-corrected chi connectivity index (χ4v) is 4.49. The van der Waals surface area contributed by atoms with E-state index in [1.54, 1.807) is 0 Å². The minimum absolute atomic E-state index is 0.0677. The van der Waals surface area contributed by atoms with Crippen LogP contribution in [0.5, 0.6) is 0 Å². The number of fused-ring (bicyclic) bond motifs is 1. The molecule has 1 aromatic rings. The van der Waals surface area contributed by atoms with Crippen molar-refractivity contribution in [1.82, 2.24) is 4.90 Å². The second-order valence-corrected chi connectivity index (χ2v) is 7.41. The zero-order chi connectivity index (χ0) is 15.5. The Hall–Kier alpha value is -1.36. The minimum Gasteiger partial charge on any atom is -0.451 e. The highest BCUT2D eigenvalue weighted by atomic mass is 32.1. The van der Waals surface area contributed by atoms with Gasteiger partial charge in [0.1, 0.15) is 4.88 Å². The van der Waals surface area contributed by atoms with E-state index < -0.39 is 0 Å². The monoisotopic (exact) mass is 321 g/mol. The molecule has 1 atom stereocenters. The van der Waals surface area contributed by atoms with Gasteiger partial charge in [0, 0.05) is 17.5 Å². The quantitative estimate of drug-likeness (QED) is 0.803. The summed E-state index contributed by atoms with van der Waals surface area (Å²) in [6.45, 7) is 2.71. The number of aryl methyl sites for hydroxylation is 2. The second kappa shape index (κ2) is 6.82. The number of nitrogens with zero attached hydrogens (tertiary/aromatic N) is 1. The van der Waals surface area contributed by atoms with Crippen molar-refractivity contribution in [3.63, 3.8) is 0 Å². The first-order valence-corrected chi connectivity index (χ1v) is 9.05. The maximum atomic E-state index is 12.2. The molecule has 22 heavy (non-hydrogen) atoms. The first-order valence-electron chi connectivity index (χ1n) is 8.23. The van der Waals surface area contributed by atoms with E-state index in [-0.39, 0.29) is 24.5 Å². The molecular formula is C17H23NO3S. The topological polar surface area (TPSA) is 46.6 Å². The standard InChI is InChI=1S/C17H23NO3S/c1-12-6-4-5-9-18(12)16(19)11-21-17(20)15-10-13-7-2-3-8-14(13)22-15/h10,12H,2-9,11H2,1H3. The Labute approximate surface area is 135 Å². The molecule has 0 aromatic carbocycles. The molecular weight excluding hydrogens is 298 g/mol. The average Bonchev–Trinajstić information content (AvgIpc) is 2.97. The predicted molar refractivity (Wildman–Crippen MR) is 86.3 cm³/mol. The first kappa shape index (κ1) is 15.5. The Kier molecular flexibility index (Phi) is 4.81. The highest BCUT2D eigenvalue weighted by Crippen LogP contribution is 2.30. The smallest absolute Gasteiger partial charge is 0.348 e. The van der Waals surface area contributed by atoms with E-state index in [9.17, 15) is 9.59 Å². The maximum absolute atomic E-state index is 12.2. The summed E-state index contributed by atoms with van der Waals surface area (Å²) in [5.41, 5.74) is 1.29. The molecule has 5 heteroatoms. The van der Waals surface area contributed by atoms with E-state index in [4.69, 9.17) is 4.74 Å². The van der Waals surface area contributed by atoms with Gasteiger partial charge in [0.2, 0.25) is 0 Å². The van der Waals surface area contributed by atoms with Gasteiger partial charge in [-0.1, -0.05) is 0 Å². The van der Waals surface area contributed by atoms with E-state index >= 15 is 0 Å². The summed E-state index contributed by atoms with van der Waals surface area (Å²) in [6, 6.07) is 2.21. The van der Waals surface area contributed by atoms with Crippen LogP contribution in [-0.2, 0) is 22.4 Å². The summed E-state index contributed by atoms with van der Waals surface area (Å²) in [6.07, 6.45) is 7.78. The van der Waals surface area contributed by atoms with Crippen molar-refractivity contribution >= 4 is 23.2 Å². The van der Waals surface area contributed by atoms with E-state index in [1.165, 1.54) is 41.0 Å². The maximum Gasteiger partial charge on any atom is 0.348 e. The van der Waals surface area contributed by atoms with Crippen molar-refractivity contribution in [2.45, 2.75) is 57.9 Å². The van der Waals surface area contributed by atoms with Crippen LogP contribution in [0.3, 0.4) is 0 Å². The van der Waals surface area contributed by atoms with Crippen LogP contribution in [0.25, 0.3) is 0 Å². The summed E-state index contributed by atoms with van der Waals surface area (Å²) in [5.74, 6) is -0.417. The van der Waals surface area contributed by atoms with Gasteiger partial charge in [0.25, 0.3) is 5.91 Å². The van der Waals surface area contributed by atoms with Gasteiger partial charge in [0.15, 0.2) is 6.61 Å². The largest absolute Gasteiger partial charge is 0.451 e. The molecule has 0 spiro atoms. The van der Waals surface area contributed by atoms with Gasteiger partial charge < -0.3 is 9.64 Å². The number of thiophene rings is 1. The predicted octanol–water partition coefficient (Wildman–Crippen LogP) is 3.18. The molecule has 1 unspecified atom stereocenters. The number of amides is 1. The molecule has 3 rings (SSSR count). The Morgan fingerprint density at radius 1 is 1.27 bits per heavy atom. The number of piperidine rings is 1. The van der Waals surface area contributed by atoms with Crippen molar-refractivity contribution in [3.05, 3.63) is 21.4 Å². The van der Waals surface area contributed by atoms with E-state index in [1.807, 2.05) is 11.0 Å². The average molecular weight is 321 g/mol. The molecule has 1 amide bonds. The van der Waals surface area contributed by atoms with Gasteiger partial charge >= 0.3 is 5.97 Å². The van der Waals surface area contributed by atoms with Crippen LogP contribution in [0.1, 0.15) is 59.1 Å². The summed E-state index contributed by atoms with van der Waals surface area (Å²) in [4.78, 5) is 28.1. The van der Waals surface area contributed by atoms with Crippen LogP contribution in [0.4, 0.5) is 0 Å². The van der Waals surface area contributed by atoms with E-state index in [0.717, 1.165) is 32.2 Å². The minimum atomic E-state index is -0.350. The summed E-state index contributed by atoms with van der Waals surface area (Å²) in [5, 5.41) is 0. The number of carbonyl (C=O) groups is 2. The lowest BCUT2D eigenvalue weighted by atomic mass is 9.99. The molecule has 1 aliphatic carbocycles. The van der Waals surface area contributed by atoms with Gasteiger partial charge in [-0.2, -0.15) is 0 Å². The molecule has 0 radical (unpaired) electrons. The first-order chi connectivity index (χ1) is 10.6. The fourth-order valence-electron chi connectivity index (χ4n) is 3.34. The molecule has 0 N–H and O–H groups in total. The SMILES string of the molecule is CC1CCCCN1C(=O)COC(=O)c1cc2c(s1)CCCC2. The normalized spacial score (nSPS) is 21.3. The van der Waals surface area contributed by atoms with Crippen LogP contribution < -0.4 is 0 Å². The number of carbonyl (C=O) groups excluding carboxylic acids is 2. The zero-order valence-electron chi connectivity index (χ0n) is 13.1. The van der Waals surface area contributed by atoms with Crippen molar-refractivity contribution in [3.8, 4) is 0 Å². The third kappa shape index (κ3) is 3.35. The van der Waals surface area contributed by atoms with Crippen LogP contribution in [-0.4, -0.2) is 36.0 Å². The number of esters is 1. The second-order valence-electron chi connectivity index (χ2n) is 6.27. The van der Waals surface area contributed by atoms with E-state index in [2.05, 4.69) is 6.92 Å². The Bertz CT molecular complexity index is 543. The number of likely N-dealkylation sites (tertiary alicyclic amines) is 1. The molecule has 0 bridgehead atoms. The number of ether oxygens (including phenoxy) is 1. The highest BCUT2D eigenvalue weighted by Gasteiger charge is 2.25. The Balaban J connectivity index is 1.55. The van der Waals surface area contributed by atoms with Crippen LogP contribution in [0.15, 0.2) is 6.07 Å². The summed E-state index contributed by atoms with van der Waals surface area (Å²) in [7, 11) is 0. The summed E-state index contributed by atoms with van der Waals surface area (Å²) >= 11 is 1.53. The number of hydrogen-bond donors (Lipinski definition) is 0. The van der Waals surface area contributed by atoms with Crippen molar-refractivity contribution < 1.29 is 14.3 Å². The van der Waals surface area contributed by atoms with Gasteiger partial charge in [-0.05, 0) is 63.5 Å². The highest BCUT2D eigenvalue weighted by molar-refractivity contribution is 7.14. The molecule has 0 saturated carbocycles. The van der Waals surface area contributed by atoms with Gasteiger partial charge in [0.05, 0.1) is 0 Å². The Morgan fingerprint density at radius 2 is 2.09 bits per heavy atom. The third-order valence-electron chi connectivity index (χ3n) is 4.65. The molecule has 1 aromatic heterocycles. The lowest BCUT2D eigenvalue weighted by molar-refractivity contribution is -0.137. The van der Waals surface area contributed by atoms with Crippen LogP contribution in [0, 0.1) is 0 Å². The molecule has 120 valence electrons. The molecule has 1 saturated heterocycles. The molecule has 1 fully saturated rings. The lowest BCUT2D eigenvalue weighted by Gasteiger charge is -2.33. The summed E-state index contributed by atoms with van der Waals surface area (Å²) < 4.78 is 5.25. The van der Waals surface area contributed by atoms with E-state index in [0.29, 0.717) is 4.88 Å². The van der Waals surface area contributed by atoms with Gasteiger partial charge in [-0.25, -0.2) is 4.79 Å². The van der Waals surface area contributed by atoms with Crippen molar-refractivity contribution in [2.24, 2.45) is 0 Å². The fraction of sp³-hybridized carbons (Fsp3) is 0.647. The lowest BCUT2D eigenvalue weighted by Crippen LogP contribution is -2.44. The third-order valence-corrected chi connectivity index (χ3v) is 5.86. The zero-order valence-corrected chi connectivity index (χ0v) is 13.9. The molecule has 4 nitrogen and oxygen atoms in total. The van der Waals surface area contributed by atoms with Crippen molar-refractivity contribution in [2.75, 3.05) is 13.2 Å². The Morgan fingerprint density at radius 3 is 2.86 bits per heavy atom.